The molecule has 5 rings (SSSR count). The zero-order valence-electron chi connectivity index (χ0n) is 23.7. The summed E-state index contributed by atoms with van der Waals surface area (Å²) < 4.78 is 0. The number of Topliss-reactive ketones (excluding diaryl/α,β-unsaturated/α-hetero) is 3. The highest BCUT2D eigenvalue weighted by molar-refractivity contribution is 6.25. The van der Waals surface area contributed by atoms with E-state index >= 15 is 0 Å². The summed E-state index contributed by atoms with van der Waals surface area (Å²) >= 11 is 0. The molecule has 0 radical (unpaired) electrons. The molecular formula is C33H36O6. The average molecular weight is 529 g/mol. The molecule has 39 heavy (non-hydrogen) atoms. The number of carbonyl (C=O) groups excluding carboxylic acids is 3. The van der Waals surface area contributed by atoms with Crippen LogP contribution in [0.1, 0.15) is 82.8 Å². The van der Waals surface area contributed by atoms with Gasteiger partial charge in [0.2, 0.25) is 5.78 Å². The van der Waals surface area contributed by atoms with Gasteiger partial charge in [0.25, 0.3) is 0 Å². The molecule has 0 fully saturated rings. The van der Waals surface area contributed by atoms with Crippen molar-refractivity contribution in [1.29, 1.82) is 0 Å². The van der Waals surface area contributed by atoms with Crippen LogP contribution in [0, 0.1) is 10.8 Å². The highest BCUT2D eigenvalue weighted by Crippen LogP contribution is 2.62. The van der Waals surface area contributed by atoms with Crippen molar-refractivity contribution in [2.24, 2.45) is 10.8 Å². The predicted molar refractivity (Wildman–Crippen MR) is 149 cm³/mol. The van der Waals surface area contributed by atoms with E-state index in [1.54, 1.807) is 13.8 Å². The molecule has 0 saturated carbocycles. The minimum absolute atomic E-state index is 0.0197. The number of phenols is 1. The Morgan fingerprint density at radius 1 is 0.949 bits per heavy atom. The number of aliphatic hydroxyl groups is 2. The van der Waals surface area contributed by atoms with Crippen LogP contribution in [0.15, 0.2) is 58.9 Å². The smallest absolute Gasteiger partial charge is 0.206 e. The fraction of sp³-hybridized carbons (Fsp3) is 0.424. The molecule has 3 atom stereocenters. The standard InChI is InChI=1S/C33H36O6/c1-17-14-32(7)16-31(6)15-22-21(19-8-10-20(11-9-19)30(3,4)5)12-13-23(35)25(22)27(36)26(31)29(38)33(32,39)28(37)24(17)18(2)34/h8-13,35,38-39H,14-16H2,1-7H3/t31-,32+,33+/m1/s1. The average Bonchev–Trinajstić information content (AvgIpc) is 2.80. The van der Waals surface area contributed by atoms with Crippen LogP contribution in [-0.2, 0) is 21.4 Å². The number of hydrogen-bond donors (Lipinski definition) is 3. The Hall–Kier alpha value is -3.51. The molecule has 0 spiro atoms. The molecule has 6 nitrogen and oxygen atoms in total. The summed E-state index contributed by atoms with van der Waals surface area (Å²) in [5.74, 6) is -2.89. The molecule has 2 aromatic rings. The SMILES string of the molecule is CC(=O)C1=C(C)C[C@@]2(C)C[C@@]3(C)Cc4c(-c5ccc(C(C)(C)C)cc5)ccc(O)c4C(=O)C3=C(O)[C@@]2(O)C1=O. The Labute approximate surface area is 229 Å². The molecule has 0 aliphatic heterocycles. The van der Waals surface area contributed by atoms with E-state index < -0.39 is 39.5 Å². The molecule has 3 aliphatic carbocycles. The van der Waals surface area contributed by atoms with Crippen LogP contribution in [-0.4, -0.2) is 38.3 Å². The second-order valence-electron chi connectivity index (χ2n) is 13.3. The van der Waals surface area contributed by atoms with Gasteiger partial charge in [0.15, 0.2) is 17.2 Å². The first-order chi connectivity index (χ1) is 18.0. The second kappa shape index (κ2) is 8.25. The largest absolute Gasteiger partial charge is 0.508 e. The van der Waals surface area contributed by atoms with Crippen molar-refractivity contribution in [3.63, 3.8) is 0 Å². The van der Waals surface area contributed by atoms with Gasteiger partial charge in [-0.25, -0.2) is 0 Å². The molecule has 0 bridgehead atoms. The maximum Gasteiger partial charge on any atom is 0.206 e. The molecule has 0 heterocycles. The second-order valence-corrected chi connectivity index (χ2v) is 13.3. The van der Waals surface area contributed by atoms with Crippen LogP contribution in [0.5, 0.6) is 5.75 Å². The third-order valence-electron chi connectivity index (χ3n) is 9.20. The van der Waals surface area contributed by atoms with Gasteiger partial charge in [-0.3, -0.25) is 14.4 Å². The number of fused-ring (bicyclic) bond motifs is 3. The summed E-state index contributed by atoms with van der Waals surface area (Å²) in [7, 11) is 0. The third kappa shape index (κ3) is 3.61. The van der Waals surface area contributed by atoms with Crippen LogP contribution in [0.3, 0.4) is 0 Å². The number of carbonyl (C=O) groups is 3. The summed E-state index contributed by atoms with van der Waals surface area (Å²) in [6, 6.07) is 11.4. The van der Waals surface area contributed by atoms with Crippen molar-refractivity contribution in [2.75, 3.05) is 0 Å². The molecular weight excluding hydrogens is 492 g/mol. The zero-order chi connectivity index (χ0) is 28.9. The lowest BCUT2D eigenvalue weighted by Crippen LogP contribution is -2.63. The first-order valence-corrected chi connectivity index (χ1v) is 13.4. The van der Waals surface area contributed by atoms with Crippen LogP contribution in [0.25, 0.3) is 11.1 Å². The minimum Gasteiger partial charge on any atom is -0.508 e. The van der Waals surface area contributed by atoms with Gasteiger partial charge in [-0.2, -0.15) is 0 Å². The quantitative estimate of drug-likeness (QED) is 0.417. The lowest BCUT2D eigenvalue weighted by Gasteiger charge is -2.56. The van der Waals surface area contributed by atoms with E-state index in [0.29, 0.717) is 17.6 Å². The first-order valence-electron chi connectivity index (χ1n) is 13.4. The molecule has 2 aromatic carbocycles. The molecule has 204 valence electrons. The number of allylic oxidation sites excluding steroid dienone is 2. The van der Waals surface area contributed by atoms with Gasteiger partial charge in [0.05, 0.1) is 11.1 Å². The summed E-state index contributed by atoms with van der Waals surface area (Å²) in [6.07, 6.45) is 0.771. The number of aliphatic hydroxyl groups excluding tert-OH is 1. The van der Waals surface area contributed by atoms with Crippen molar-refractivity contribution >= 4 is 17.3 Å². The van der Waals surface area contributed by atoms with Gasteiger partial charge < -0.3 is 15.3 Å². The molecule has 0 unspecified atom stereocenters. The van der Waals surface area contributed by atoms with Crippen molar-refractivity contribution in [2.45, 2.75) is 78.7 Å². The Balaban J connectivity index is 1.72. The number of rotatable bonds is 2. The Kier molecular flexibility index (Phi) is 5.72. The molecule has 0 amide bonds. The Morgan fingerprint density at radius 3 is 2.13 bits per heavy atom. The van der Waals surface area contributed by atoms with Crippen LogP contribution < -0.4 is 0 Å². The topological polar surface area (TPSA) is 112 Å². The van der Waals surface area contributed by atoms with Gasteiger partial charge in [-0.1, -0.05) is 70.5 Å². The van der Waals surface area contributed by atoms with E-state index in [1.807, 2.05) is 25.1 Å². The predicted octanol–water partition coefficient (Wildman–Crippen LogP) is 5.93. The van der Waals surface area contributed by atoms with E-state index in [2.05, 4.69) is 32.9 Å². The summed E-state index contributed by atoms with van der Waals surface area (Å²) in [5, 5.41) is 34.3. The number of aromatic hydroxyl groups is 1. The van der Waals surface area contributed by atoms with E-state index in [4.69, 9.17) is 0 Å². The van der Waals surface area contributed by atoms with Gasteiger partial charge in [0.1, 0.15) is 11.5 Å². The lowest BCUT2D eigenvalue weighted by atomic mass is 9.48. The highest BCUT2D eigenvalue weighted by Gasteiger charge is 2.67. The summed E-state index contributed by atoms with van der Waals surface area (Å²) in [6.45, 7) is 13.0. The van der Waals surface area contributed by atoms with Crippen molar-refractivity contribution in [3.05, 3.63) is 75.6 Å². The Morgan fingerprint density at radius 2 is 1.56 bits per heavy atom. The summed E-state index contributed by atoms with van der Waals surface area (Å²) in [4.78, 5) is 40.0. The number of phenolic OH excluding ortho intramolecular Hbond substituents is 1. The van der Waals surface area contributed by atoms with Gasteiger partial charge >= 0.3 is 0 Å². The van der Waals surface area contributed by atoms with E-state index in [0.717, 1.165) is 11.1 Å². The minimum atomic E-state index is -2.41. The number of ketones is 3. The Bertz CT molecular complexity index is 1530. The van der Waals surface area contributed by atoms with Crippen molar-refractivity contribution < 1.29 is 29.7 Å². The van der Waals surface area contributed by atoms with Crippen LogP contribution >= 0.6 is 0 Å². The summed E-state index contributed by atoms with van der Waals surface area (Å²) in [5.41, 5.74) is -0.475. The fourth-order valence-corrected chi connectivity index (χ4v) is 7.45. The lowest BCUT2D eigenvalue weighted by molar-refractivity contribution is -0.157. The molecule has 3 aliphatic rings. The first kappa shape index (κ1) is 27.1. The van der Waals surface area contributed by atoms with Crippen molar-refractivity contribution in [3.8, 4) is 16.9 Å². The fourth-order valence-electron chi connectivity index (χ4n) is 7.45. The third-order valence-corrected chi connectivity index (χ3v) is 9.20. The van der Waals surface area contributed by atoms with Crippen LogP contribution in [0.2, 0.25) is 0 Å². The normalized spacial score (nSPS) is 28.7. The van der Waals surface area contributed by atoms with Gasteiger partial charge in [-0.05, 0) is 66.8 Å². The van der Waals surface area contributed by atoms with E-state index in [1.165, 1.54) is 18.6 Å². The highest BCUT2D eigenvalue weighted by atomic mass is 16.3. The molecule has 6 heteroatoms. The maximum absolute atomic E-state index is 14.1. The number of hydrogen-bond acceptors (Lipinski definition) is 6. The molecule has 3 N–H and O–H groups in total. The molecule has 0 aromatic heterocycles. The van der Waals surface area contributed by atoms with Gasteiger partial charge in [-0.15, -0.1) is 0 Å². The van der Waals surface area contributed by atoms with E-state index in [9.17, 15) is 29.7 Å². The van der Waals surface area contributed by atoms with E-state index in [-0.39, 0.29) is 40.7 Å². The monoisotopic (exact) mass is 528 g/mol. The number of benzene rings is 2. The van der Waals surface area contributed by atoms with Crippen LogP contribution in [0.4, 0.5) is 0 Å². The zero-order valence-corrected chi connectivity index (χ0v) is 23.7. The van der Waals surface area contributed by atoms with Gasteiger partial charge in [0, 0.05) is 16.4 Å². The molecule has 0 saturated heterocycles. The maximum atomic E-state index is 14.1. The van der Waals surface area contributed by atoms with Crippen molar-refractivity contribution in [1.82, 2.24) is 0 Å².